The van der Waals surface area contributed by atoms with E-state index in [2.05, 4.69) is 11.9 Å². The van der Waals surface area contributed by atoms with E-state index in [0.29, 0.717) is 23.5 Å². The fraction of sp³-hybridized carbons (Fsp3) is 0.429. The normalized spacial score (nSPS) is 25.9. The van der Waals surface area contributed by atoms with Crippen molar-refractivity contribution in [3.8, 4) is 11.3 Å². The van der Waals surface area contributed by atoms with Gasteiger partial charge in [0.1, 0.15) is 22.8 Å². The molecule has 0 bridgehead atoms. The highest BCUT2D eigenvalue weighted by atomic mass is 19.1. The smallest absolute Gasteiger partial charge is 0.420 e. The molecule has 3 unspecified atom stereocenters. The summed E-state index contributed by atoms with van der Waals surface area (Å²) in [5.41, 5.74) is -0.285. The summed E-state index contributed by atoms with van der Waals surface area (Å²) in [5.74, 6) is 0.0860. The van der Waals surface area contributed by atoms with Gasteiger partial charge in [-0.25, -0.2) is 18.7 Å². The Kier molecular flexibility index (Phi) is 4.80. The Labute approximate surface area is 168 Å². The number of rotatable bonds is 4. The summed E-state index contributed by atoms with van der Waals surface area (Å²) in [4.78, 5) is 17.7. The van der Waals surface area contributed by atoms with Gasteiger partial charge < -0.3 is 14.2 Å². The van der Waals surface area contributed by atoms with E-state index in [4.69, 9.17) is 19.2 Å². The lowest BCUT2D eigenvalue weighted by Gasteiger charge is -2.35. The van der Waals surface area contributed by atoms with Gasteiger partial charge in [0.05, 0.1) is 12.3 Å². The second-order valence-corrected chi connectivity index (χ2v) is 8.26. The van der Waals surface area contributed by atoms with Gasteiger partial charge in [0.15, 0.2) is 12.5 Å². The molecule has 2 fully saturated rings. The van der Waals surface area contributed by atoms with Crippen LogP contribution in [0.4, 0.5) is 9.18 Å². The summed E-state index contributed by atoms with van der Waals surface area (Å²) < 4.78 is 31.5. The number of halogens is 1. The average molecular weight is 401 g/mol. The van der Waals surface area contributed by atoms with Crippen LogP contribution >= 0.6 is 0 Å². The molecule has 4 rings (SSSR count). The molecule has 1 N–H and O–H groups in total. The number of benzene rings is 1. The SMILES string of the molecule is C=CCC1(c2nc(-c3ccc(F)cc3)cn2C(=O)OC(C)(C)C)COC2OC2N1. The van der Waals surface area contributed by atoms with E-state index in [9.17, 15) is 9.18 Å². The molecule has 154 valence electrons. The van der Waals surface area contributed by atoms with E-state index < -0.39 is 17.2 Å². The number of ether oxygens (including phenoxy) is 3. The summed E-state index contributed by atoms with van der Waals surface area (Å²) >= 11 is 0. The molecule has 8 heteroatoms. The minimum absolute atomic E-state index is 0.253. The summed E-state index contributed by atoms with van der Waals surface area (Å²) in [6.45, 7) is 9.49. The molecule has 7 nitrogen and oxygen atoms in total. The maximum Gasteiger partial charge on any atom is 0.420 e. The number of imidazole rings is 1. The van der Waals surface area contributed by atoms with Crippen LogP contribution in [0, 0.1) is 5.82 Å². The lowest BCUT2D eigenvalue weighted by atomic mass is 9.93. The number of carbonyl (C=O) groups excluding carboxylic acids is 1. The zero-order valence-electron chi connectivity index (χ0n) is 16.6. The van der Waals surface area contributed by atoms with Gasteiger partial charge in [-0.15, -0.1) is 6.58 Å². The molecule has 29 heavy (non-hydrogen) atoms. The third-order valence-electron chi connectivity index (χ3n) is 4.72. The number of fused-ring (bicyclic) bond motifs is 1. The molecule has 0 saturated carbocycles. The van der Waals surface area contributed by atoms with Crippen LogP contribution in [0.15, 0.2) is 43.1 Å². The standard InChI is InChI=1S/C21H24FN3O4/c1-5-10-21(12-27-17-16(24-21)28-17)18-23-15(13-6-8-14(22)9-7-13)11-25(18)19(26)29-20(2,3)4/h5-9,11,16-17,24H,1,10,12H2,2-4H3. The van der Waals surface area contributed by atoms with Crippen LogP contribution < -0.4 is 5.32 Å². The monoisotopic (exact) mass is 401 g/mol. The van der Waals surface area contributed by atoms with Crippen molar-refractivity contribution in [3.05, 3.63) is 54.8 Å². The summed E-state index contributed by atoms with van der Waals surface area (Å²) in [6.07, 6.45) is 2.70. The molecular formula is C21H24FN3O4. The van der Waals surface area contributed by atoms with Crippen molar-refractivity contribution in [3.63, 3.8) is 0 Å². The molecule has 0 amide bonds. The zero-order valence-corrected chi connectivity index (χ0v) is 16.6. The molecule has 0 radical (unpaired) electrons. The second kappa shape index (κ2) is 7.05. The third-order valence-corrected chi connectivity index (χ3v) is 4.72. The van der Waals surface area contributed by atoms with Gasteiger partial charge in [-0.2, -0.15) is 0 Å². The Bertz CT molecular complexity index is 934. The van der Waals surface area contributed by atoms with E-state index in [-0.39, 0.29) is 24.9 Å². The number of hydrogen-bond acceptors (Lipinski definition) is 6. The van der Waals surface area contributed by atoms with Crippen molar-refractivity contribution in [2.75, 3.05) is 6.61 Å². The Morgan fingerprint density at radius 2 is 2.17 bits per heavy atom. The Balaban J connectivity index is 1.80. The van der Waals surface area contributed by atoms with Crippen molar-refractivity contribution >= 4 is 6.09 Å². The minimum atomic E-state index is -0.811. The lowest BCUT2D eigenvalue weighted by Crippen LogP contribution is -2.53. The summed E-state index contributed by atoms with van der Waals surface area (Å²) in [7, 11) is 0. The van der Waals surface area contributed by atoms with Gasteiger partial charge in [-0.05, 0) is 51.5 Å². The molecular weight excluding hydrogens is 377 g/mol. The third kappa shape index (κ3) is 3.96. The van der Waals surface area contributed by atoms with Crippen molar-refractivity contribution in [1.29, 1.82) is 0 Å². The minimum Gasteiger partial charge on any atom is -0.443 e. The van der Waals surface area contributed by atoms with E-state index in [0.717, 1.165) is 0 Å². The fourth-order valence-corrected chi connectivity index (χ4v) is 3.38. The van der Waals surface area contributed by atoms with Crippen LogP contribution in [0.1, 0.15) is 33.0 Å². The lowest BCUT2D eigenvalue weighted by molar-refractivity contribution is -0.00701. The molecule has 2 aromatic rings. The molecule has 2 saturated heterocycles. The first kappa shape index (κ1) is 19.8. The van der Waals surface area contributed by atoms with Gasteiger partial charge in [0.25, 0.3) is 0 Å². The van der Waals surface area contributed by atoms with E-state index >= 15 is 0 Å². The van der Waals surface area contributed by atoms with Crippen molar-refractivity contribution in [2.24, 2.45) is 0 Å². The maximum atomic E-state index is 13.3. The number of nitrogens with one attached hydrogen (secondary N) is 1. The van der Waals surface area contributed by atoms with Gasteiger partial charge in [0, 0.05) is 11.8 Å². The number of hydrogen-bond donors (Lipinski definition) is 1. The predicted octanol–water partition coefficient (Wildman–Crippen LogP) is 3.55. The average Bonchev–Trinajstić information content (AvgIpc) is 3.26. The largest absolute Gasteiger partial charge is 0.443 e. The highest BCUT2D eigenvalue weighted by molar-refractivity contribution is 5.74. The number of epoxide rings is 1. The molecule has 0 spiro atoms. The predicted molar refractivity (Wildman–Crippen MR) is 103 cm³/mol. The van der Waals surface area contributed by atoms with Gasteiger partial charge in [-0.1, -0.05) is 6.08 Å². The van der Waals surface area contributed by atoms with Crippen molar-refractivity contribution in [1.82, 2.24) is 14.9 Å². The number of carbonyl (C=O) groups is 1. The zero-order chi connectivity index (χ0) is 20.8. The number of aromatic nitrogens is 2. The topological polar surface area (TPSA) is 77.9 Å². The molecule has 0 aliphatic carbocycles. The molecule has 3 heterocycles. The van der Waals surface area contributed by atoms with Crippen LogP contribution in [0.5, 0.6) is 0 Å². The number of nitrogens with zero attached hydrogens (tertiary/aromatic N) is 2. The molecule has 2 aliphatic heterocycles. The Morgan fingerprint density at radius 1 is 1.45 bits per heavy atom. The Morgan fingerprint density at radius 3 is 2.79 bits per heavy atom. The molecule has 3 atom stereocenters. The number of morpholine rings is 1. The first-order valence-electron chi connectivity index (χ1n) is 9.46. The van der Waals surface area contributed by atoms with Gasteiger partial charge >= 0.3 is 6.09 Å². The van der Waals surface area contributed by atoms with Crippen LogP contribution in [-0.2, 0) is 19.7 Å². The summed E-state index contributed by atoms with van der Waals surface area (Å²) in [6, 6.07) is 5.94. The van der Waals surface area contributed by atoms with Crippen LogP contribution in [0.2, 0.25) is 0 Å². The first-order chi connectivity index (χ1) is 13.7. The fourth-order valence-electron chi connectivity index (χ4n) is 3.38. The quantitative estimate of drug-likeness (QED) is 0.624. The van der Waals surface area contributed by atoms with Crippen molar-refractivity contribution in [2.45, 2.75) is 50.8 Å². The molecule has 1 aromatic heterocycles. The molecule has 1 aromatic carbocycles. The maximum absolute atomic E-state index is 13.3. The highest BCUT2D eigenvalue weighted by Gasteiger charge is 2.54. The van der Waals surface area contributed by atoms with E-state index in [1.165, 1.54) is 16.7 Å². The van der Waals surface area contributed by atoms with Gasteiger partial charge in [-0.3, -0.25) is 5.32 Å². The van der Waals surface area contributed by atoms with Crippen LogP contribution in [0.25, 0.3) is 11.3 Å². The highest BCUT2D eigenvalue weighted by Crippen LogP contribution is 2.38. The van der Waals surface area contributed by atoms with Crippen LogP contribution in [-0.4, -0.2) is 40.4 Å². The van der Waals surface area contributed by atoms with Gasteiger partial charge in [0.2, 0.25) is 0 Å². The van der Waals surface area contributed by atoms with Crippen LogP contribution in [0.3, 0.4) is 0 Å². The van der Waals surface area contributed by atoms with E-state index in [1.807, 2.05) is 0 Å². The Hall–Kier alpha value is -2.55. The van der Waals surface area contributed by atoms with E-state index in [1.54, 1.807) is 45.2 Å². The first-order valence-corrected chi connectivity index (χ1v) is 9.46. The van der Waals surface area contributed by atoms with Crippen molar-refractivity contribution < 1.29 is 23.4 Å². The molecule has 2 aliphatic rings. The second-order valence-electron chi connectivity index (χ2n) is 8.26. The summed E-state index contributed by atoms with van der Waals surface area (Å²) in [5, 5.41) is 3.38.